The van der Waals surface area contributed by atoms with Crippen molar-refractivity contribution in [3.05, 3.63) is 53.5 Å². The molecule has 0 saturated heterocycles. The van der Waals surface area contributed by atoms with Gasteiger partial charge in [-0.3, -0.25) is 4.79 Å². The Kier molecular flexibility index (Phi) is 4.23. The summed E-state index contributed by atoms with van der Waals surface area (Å²) in [6, 6.07) is 9.34. The maximum absolute atomic E-state index is 11.6. The molecule has 2 rings (SSSR count). The molecule has 0 spiro atoms. The summed E-state index contributed by atoms with van der Waals surface area (Å²) >= 11 is 0. The van der Waals surface area contributed by atoms with Crippen LogP contribution in [-0.4, -0.2) is 12.5 Å². The Hall–Kier alpha value is -2.23. The number of carbonyl (C=O) groups excluding carboxylic acids is 1. The topological polar surface area (TPSA) is 54.3 Å². The smallest absolute Gasteiger partial charge is 0.251 e. The maximum Gasteiger partial charge on any atom is 0.251 e. The van der Waals surface area contributed by atoms with E-state index in [1.165, 1.54) is 0 Å². The van der Waals surface area contributed by atoms with Crippen LogP contribution in [0.3, 0.4) is 0 Å². The molecule has 0 atom stereocenters. The van der Waals surface area contributed by atoms with Gasteiger partial charge in [-0.05, 0) is 49.7 Å². The van der Waals surface area contributed by atoms with E-state index in [9.17, 15) is 4.79 Å². The summed E-state index contributed by atoms with van der Waals surface area (Å²) in [7, 11) is 0. The Labute approximate surface area is 112 Å². The monoisotopic (exact) mass is 258 g/mol. The number of carbonyl (C=O) groups is 1. The number of furan rings is 1. The molecule has 2 aromatic rings. The minimum Gasteiger partial charge on any atom is -0.467 e. The highest BCUT2D eigenvalue weighted by atomic mass is 16.3. The number of hydrogen-bond donors (Lipinski definition) is 2. The van der Waals surface area contributed by atoms with Gasteiger partial charge in [0, 0.05) is 17.8 Å². The fourth-order valence-electron chi connectivity index (χ4n) is 1.77. The molecule has 2 N–H and O–H groups in total. The van der Waals surface area contributed by atoms with Crippen molar-refractivity contribution in [3.63, 3.8) is 0 Å². The van der Waals surface area contributed by atoms with Crippen LogP contribution in [-0.2, 0) is 6.54 Å². The predicted octanol–water partition coefficient (Wildman–Crippen LogP) is 2.95. The lowest BCUT2D eigenvalue weighted by Crippen LogP contribution is -2.22. The third-order valence-corrected chi connectivity index (χ3v) is 2.91. The van der Waals surface area contributed by atoms with Crippen LogP contribution in [0.25, 0.3) is 0 Å². The van der Waals surface area contributed by atoms with Crippen LogP contribution in [0.5, 0.6) is 0 Å². The molecular weight excluding hydrogens is 240 g/mol. The molecule has 0 saturated carbocycles. The number of rotatable bonds is 5. The Balaban J connectivity index is 1.95. The van der Waals surface area contributed by atoms with Crippen LogP contribution in [0.2, 0.25) is 0 Å². The summed E-state index contributed by atoms with van der Waals surface area (Å²) < 4.78 is 5.35. The van der Waals surface area contributed by atoms with Crippen molar-refractivity contribution in [3.8, 4) is 0 Å². The fraction of sp³-hybridized carbons (Fsp3) is 0.267. The molecule has 0 aliphatic carbocycles. The molecule has 1 aromatic carbocycles. The van der Waals surface area contributed by atoms with Crippen LogP contribution >= 0.6 is 0 Å². The van der Waals surface area contributed by atoms with Gasteiger partial charge in [-0.2, -0.15) is 0 Å². The Bertz CT molecular complexity index is 544. The molecule has 1 amide bonds. The van der Waals surface area contributed by atoms with E-state index in [-0.39, 0.29) is 5.91 Å². The van der Waals surface area contributed by atoms with Gasteiger partial charge in [-0.25, -0.2) is 0 Å². The molecule has 0 bridgehead atoms. The van der Waals surface area contributed by atoms with Crippen LogP contribution in [0.15, 0.2) is 41.0 Å². The van der Waals surface area contributed by atoms with Crippen molar-refractivity contribution >= 4 is 11.6 Å². The Morgan fingerprint density at radius 3 is 2.53 bits per heavy atom. The van der Waals surface area contributed by atoms with Crippen molar-refractivity contribution in [2.45, 2.75) is 20.4 Å². The second kappa shape index (κ2) is 6.09. The van der Waals surface area contributed by atoms with Gasteiger partial charge in [0.2, 0.25) is 0 Å². The van der Waals surface area contributed by atoms with Crippen LogP contribution in [0, 0.1) is 6.92 Å². The van der Waals surface area contributed by atoms with Gasteiger partial charge in [0.25, 0.3) is 5.91 Å². The van der Waals surface area contributed by atoms with E-state index in [0.717, 1.165) is 17.0 Å². The molecule has 0 aliphatic rings. The third kappa shape index (κ3) is 3.37. The average molecular weight is 258 g/mol. The van der Waals surface area contributed by atoms with Gasteiger partial charge in [-0.15, -0.1) is 0 Å². The van der Waals surface area contributed by atoms with Crippen LogP contribution in [0.4, 0.5) is 5.69 Å². The zero-order chi connectivity index (χ0) is 13.7. The van der Waals surface area contributed by atoms with E-state index >= 15 is 0 Å². The first-order valence-corrected chi connectivity index (χ1v) is 6.36. The summed E-state index contributed by atoms with van der Waals surface area (Å²) in [6.45, 7) is 5.19. The molecule has 19 heavy (non-hydrogen) atoms. The highest BCUT2D eigenvalue weighted by molar-refractivity contribution is 5.94. The Morgan fingerprint density at radius 1 is 1.21 bits per heavy atom. The van der Waals surface area contributed by atoms with E-state index in [4.69, 9.17) is 4.42 Å². The fourth-order valence-corrected chi connectivity index (χ4v) is 1.77. The average Bonchev–Trinajstić information content (AvgIpc) is 2.83. The van der Waals surface area contributed by atoms with E-state index in [1.54, 1.807) is 6.26 Å². The molecule has 0 radical (unpaired) electrons. The molecule has 0 fully saturated rings. The van der Waals surface area contributed by atoms with Gasteiger partial charge in [0.15, 0.2) is 0 Å². The lowest BCUT2D eigenvalue weighted by atomic mass is 10.2. The second-order valence-corrected chi connectivity index (χ2v) is 4.32. The standard InChI is InChI=1S/C15H18N2O2/c1-3-16-15(18)12-4-6-13(7-5-12)17-10-14-11(2)8-9-19-14/h4-9,17H,3,10H2,1-2H3,(H,16,18). The molecule has 1 aromatic heterocycles. The molecule has 0 unspecified atom stereocenters. The van der Waals surface area contributed by atoms with E-state index in [1.807, 2.05) is 44.2 Å². The molecule has 0 aliphatic heterocycles. The summed E-state index contributed by atoms with van der Waals surface area (Å²) in [6.07, 6.45) is 1.69. The molecule has 1 heterocycles. The van der Waals surface area contributed by atoms with Crippen molar-refractivity contribution in [1.82, 2.24) is 5.32 Å². The highest BCUT2D eigenvalue weighted by Crippen LogP contribution is 2.14. The van der Waals surface area contributed by atoms with Crippen molar-refractivity contribution in [2.24, 2.45) is 0 Å². The number of nitrogens with one attached hydrogen (secondary N) is 2. The Morgan fingerprint density at radius 2 is 1.95 bits per heavy atom. The number of benzene rings is 1. The zero-order valence-electron chi connectivity index (χ0n) is 11.2. The minimum atomic E-state index is -0.0454. The summed E-state index contributed by atoms with van der Waals surface area (Å²) in [5, 5.41) is 6.03. The number of aryl methyl sites for hydroxylation is 1. The van der Waals surface area contributed by atoms with Crippen LogP contribution < -0.4 is 10.6 Å². The highest BCUT2D eigenvalue weighted by Gasteiger charge is 2.04. The molecular formula is C15H18N2O2. The second-order valence-electron chi connectivity index (χ2n) is 4.32. The number of anilines is 1. The number of amides is 1. The molecule has 4 nitrogen and oxygen atoms in total. The first kappa shape index (κ1) is 13.2. The summed E-state index contributed by atoms with van der Waals surface area (Å²) in [4.78, 5) is 11.6. The first-order valence-electron chi connectivity index (χ1n) is 6.36. The summed E-state index contributed by atoms with van der Waals surface area (Å²) in [5.74, 6) is 0.878. The van der Waals surface area contributed by atoms with Gasteiger partial charge >= 0.3 is 0 Å². The largest absolute Gasteiger partial charge is 0.467 e. The zero-order valence-corrected chi connectivity index (χ0v) is 11.2. The van der Waals surface area contributed by atoms with Crippen molar-refractivity contribution < 1.29 is 9.21 Å². The maximum atomic E-state index is 11.6. The first-order chi connectivity index (χ1) is 9.20. The van der Waals surface area contributed by atoms with Crippen molar-refractivity contribution in [2.75, 3.05) is 11.9 Å². The predicted molar refractivity (Wildman–Crippen MR) is 75.2 cm³/mol. The van der Waals surface area contributed by atoms with Crippen molar-refractivity contribution in [1.29, 1.82) is 0 Å². The van der Waals surface area contributed by atoms with E-state index in [2.05, 4.69) is 10.6 Å². The normalized spacial score (nSPS) is 10.2. The molecule has 4 heteroatoms. The third-order valence-electron chi connectivity index (χ3n) is 2.91. The van der Waals surface area contributed by atoms with Gasteiger partial charge in [0.05, 0.1) is 12.8 Å². The SMILES string of the molecule is CCNC(=O)c1ccc(NCc2occc2C)cc1. The van der Waals surface area contributed by atoms with E-state index in [0.29, 0.717) is 18.7 Å². The number of hydrogen-bond acceptors (Lipinski definition) is 3. The minimum absolute atomic E-state index is 0.0454. The van der Waals surface area contributed by atoms with Gasteiger partial charge in [-0.1, -0.05) is 0 Å². The lowest BCUT2D eigenvalue weighted by Gasteiger charge is -2.07. The quantitative estimate of drug-likeness (QED) is 0.867. The lowest BCUT2D eigenvalue weighted by molar-refractivity contribution is 0.0956. The van der Waals surface area contributed by atoms with Gasteiger partial charge < -0.3 is 15.1 Å². The van der Waals surface area contributed by atoms with Crippen LogP contribution in [0.1, 0.15) is 28.6 Å². The van der Waals surface area contributed by atoms with E-state index < -0.39 is 0 Å². The summed E-state index contributed by atoms with van der Waals surface area (Å²) in [5.41, 5.74) is 2.76. The molecule has 100 valence electrons. The van der Waals surface area contributed by atoms with Gasteiger partial charge in [0.1, 0.15) is 5.76 Å².